The first kappa shape index (κ1) is 77.0. The van der Waals surface area contributed by atoms with Crippen LogP contribution in [0.2, 0.25) is 0 Å². The molecule has 0 aliphatic heterocycles. The Balaban J connectivity index is 4.50. The molecule has 0 aromatic heterocycles. The number of unbranched alkanes of at least 4 members (excludes halogenated alkanes) is 22. The van der Waals surface area contributed by atoms with Gasteiger partial charge in [0, 0.05) is 19.3 Å². The van der Waals surface area contributed by atoms with Crippen molar-refractivity contribution < 1.29 is 28.6 Å². The lowest BCUT2D eigenvalue weighted by atomic mass is 10.1. The van der Waals surface area contributed by atoms with Crippen molar-refractivity contribution in [2.24, 2.45) is 0 Å². The molecule has 0 N–H and O–H groups in total. The maximum atomic E-state index is 12.9. The minimum absolute atomic E-state index is 0.106. The van der Waals surface area contributed by atoms with Crippen LogP contribution in [0.5, 0.6) is 0 Å². The van der Waals surface area contributed by atoms with Crippen LogP contribution < -0.4 is 0 Å². The van der Waals surface area contributed by atoms with Crippen molar-refractivity contribution in [3.63, 3.8) is 0 Å². The molecule has 0 saturated carbocycles. The summed E-state index contributed by atoms with van der Waals surface area (Å²) in [5.74, 6) is -0.962. The number of ether oxygens (including phenoxy) is 3. The molecule has 0 bridgehead atoms. The number of rotatable bonds is 59. The van der Waals surface area contributed by atoms with Crippen molar-refractivity contribution in [1.82, 2.24) is 0 Å². The van der Waals surface area contributed by atoms with E-state index in [1.807, 2.05) is 0 Å². The minimum Gasteiger partial charge on any atom is -0.462 e. The molecule has 0 aromatic carbocycles. The highest BCUT2D eigenvalue weighted by Gasteiger charge is 2.19. The van der Waals surface area contributed by atoms with Crippen LogP contribution in [-0.4, -0.2) is 37.2 Å². The average Bonchev–Trinajstić information content (AvgIpc) is 3.47. The number of allylic oxidation sites excluding steroid dienone is 26. The number of esters is 3. The third-order valence-corrected chi connectivity index (χ3v) is 13.7. The molecule has 0 spiro atoms. The molecule has 1 atom stereocenters. The van der Waals surface area contributed by atoms with Crippen LogP contribution in [0.25, 0.3) is 0 Å². The van der Waals surface area contributed by atoms with Crippen molar-refractivity contribution in [1.29, 1.82) is 0 Å². The first-order valence-corrected chi connectivity index (χ1v) is 33.5. The Hall–Kier alpha value is -4.97. The Morgan fingerprint density at radius 1 is 0.256 bits per heavy atom. The lowest BCUT2D eigenvalue weighted by Crippen LogP contribution is -2.30. The number of hydrogen-bond acceptors (Lipinski definition) is 6. The largest absolute Gasteiger partial charge is 0.462 e. The van der Waals surface area contributed by atoms with E-state index in [9.17, 15) is 14.4 Å². The van der Waals surface area contributed by atoms with Crippen LogP contribution in [0.4, 0.5) is 0 Å². The lowest BCUT2D eigenvalue weighted by molar-refractivity contribution is -0.167. The van der Waals surface area contributed by atoms with Gasteiger partial charge in [0.25, 0.3) is 0 Å². The van der Waals surface area contributed by atoms with E-state index in [0.717, 1.165) is 154 Å². The fourth-order valence-corrected chi connectivity index (χ4v) is 8.80. The Morgan fingerprint density at radius 3 is 0.768 bits per heavy atom. The Morgan fingerprint density at radius 2 is 0.476 bits per heavy atom. The third-order valence-electron chi connectivity index (χ3n) is 13.7. The molecule has 0 aliphatic rings. The highest BCUT2D eigenvalue weighted by atomic mass is 16.6. The molecule has 0 amide bonds. The van der Waals surface area contributed by atoms with Gasteiger partial charge in [0.05, 0.1) is 0 Å². The van der Waals surface area contributed by atoms with Gasteiger partial charge in [-0.2, -0.15) is 0 Å². The van der Waals surface area contributed by atoms with Crippen LogP contribution >= 0.6 is 0 Å². The molecule has 82 heavy (non-hydrogen) atoms. The maximum Gasteiger partial charge on any atom is 0.306 e. The van der Waals surface area contributed by atoms with Crippen molar-refractivity contribution >= 4 is 17.9 Å². The predicted octanol–water partition coefficient (Wildman–Crippen LogP) is 23.3. The molecule has 0 heterocycles. The summed E-state index contributed by atoms with van der Waals surface area (Å²) in [5.41, 5.74) is 0. The summed E-state index contributed by atoms with van der Waals surface area (Å²) in [6.45, 7) is 6.37. The van der Waals surface area contributed by atoms with E-state index < -0.39 is 6.10 Å². The number of hydrogen-bond donors (Lipinski definition) is 0. The molecular weight excluding hydrogens is 1010 g/mol. The van der Waals surface area contributed by atoms with Gasteiger partial charge < -0.3 is 14.2 Å². The zero-order valence-corrected chi connectivity index (χ0v) is 52.9. The normalized spacial score (nSPS) is 13.2. The Labute approximate surface area is 505 Å². The molecule has 1 unspecified atom stereocenters. The smallest absolute Gasteiger partial charge is 0.306 e. The average molecular weight is 1130 g/mol. The van der Waals surface area contributed by atoms with E-state index in [-0.39, 0.29) is 37.5 Å². The number of carbonyl (C=O) groups is 3. The molecule has 0 rings (SSSR count). The van der Waals surface area contributed by atoms with Gasteiger partial charge in [-0.3, -0.25) is 14.4 Å². The topological polar surface area (TPSA) is 78.9 Å². The summed E-state index contributed by atoms with van der Waals surface area (Å²) in [5, 5.41) is 0. The summed E-state index contributed by atoms with van der Waals surface area (Å²) >= 11 is 0. The first-order valence-electron chi connectivity index (χ1n) is 33.5. The van der Waals surface area contributed by atoms with Crippen LogP contribution in [0, 0.1) is 0 Å². The maximum absolute atomic E-state index is 12.9. The van der Waals surface area contributed by atoms with Crippen molar-refractivity contribution in [3.05, 3.63) is 158 Å². The van der Waals surface area contributed by atoms with Gasteiger partial charge in [-0.05, 0) is 148 Å². The van der Waals surface area contributed by atoms with Gasteiger partial charge in [-0.15, -0.1) is 0 Å². The van der Waals surface area contributed by atoms with E-state index in [4.69, 9.17) is 14.2 Å². The second-order valence-corrected chi connectivity index (χ2v) is 21.6. The van der Waals surface area contributed by atoms with E-state index in [2.05, 4.69) is 179 Å². The number of carbonyl (C=O) groups excluding carboxylic acids is 3. The summed E-state index contributed by atoms with van der Waals surface area (Å²) in [6.07, 6.45) is 99.6. The monoisotopic (exact) mass is 1130 g/mol. The van der Waals surface area contributed by atoms with E-state index in [1.54, 1.807) is 0 Å². The van der Waals surface area contributed by atoms with Crippen LogP contribution in [0.1, 0.15) is 284 Å². The van der Waals surface area contributed by atoms with Gasteiger partial charge in [0.2, 0.25) is 0 Å². The van der Waals surface area contributed by atoms with Gasteiger partial charge in [0.15, 0.2) is 6.10 Å². The second-order valence-electron chi connectivity index (χ2n) is 21.6. The first-order chi connectivity index (χ1) is 40.5. The molecule has 462 valence electrons. The van der Waals surface area contributed by atoms with Crippen molar-refractivity contribution in [3.8, 4) is 0 Å². The molecule has 6 nitrogen and oxygen atoms in total. The van der Waals surface area contributed by atoms with Crippen molar-refractivity contribution in [2.75, 3.05) is 13.2 Å². The summed E-state index contributed by atoms with van der Waals surface area (Å²) in [7, 11) is 0. The van der Waals surface area contributed by atoms with Crippen LogP contribution in [0.3, 0.4) is 0 Å². The van der Waals surface area contributed by atoms with Crippen molar-refractivity contribution in [2.45, 2.75) is 290 Å². The highest BCUT2D eigenvalue weighted by Crippen LogP contribution is 2.14. The molecule has 0 saturated heterocycles. The van der Waals surface area contributed by atoms with Gasteiger partial charge >= 0.3 is 17.9 Å². The quantitative estimate of drug-likeness (QED) is 0.0261. The predicted molar refractivity (Wildman–Crippen MR) is 357 cm³/mol. The fourth-order valence-electron chi connectivity index (χ4n) is 8.80. The highest BCUT2D eigenvalue weighted by molar-refractivity contribution is 5.71. The minimum atomic E-state index is -0.815. The van der Waals surface area contributed by atoms with E-state index in [1.165, 1.54) is 83.5 Å². The molecule has 0 fully saturated rings. The zero-order valence-electron chi connectivity index (χ0n) is 52.9. The van der Waals surface area contributed by atoms with Gasteiger partial charge in [-0.25, -0.2) is 0 Å². The summed E-state index contributed by atoms with van der Waals surface area (Å²) in [6, 6.07) is 0. The second kappa shape index (κ2) is 68.5. The Kier molecular flexibility index (Phi) is 64.4. The zero-order chi connectivity index (χ0) is 59.2. The summed E-state index contributed by atoms with van der Waals surface area (Å²) < 4.78 is 16.9. The molecule has 0 aliphatic carbocycles. The Bertz CT molecular complexity index is 1830. The molecule has 0 radical (unpaired) electrons. The fraction of sp³-hybridized carbons (Fsp3) is 0.618. The van der Waals surface area contributed by atoms with E-state index in [0.29, 0.717) is 19.3 Å². The van der Waals surface area contributed by atoms with Gasteiger partial charge in [0.1, 0.15) is 13.2 Å². The molecule has 6 heteroatoms. The standard InChI is InChI=1S/C76H122O6/c1-4-7-10-13-16-19-22-25-28-31-34-35-36-37-38-39-40-41-43-45-48-51-54-57-60-63-66-69-75(78)81-72-73(71-80-74(77)68-65-62-59-56-53-50-47-44-33-30-27-24-21-18-15-12-9-6-3)82-76(79)70-67-64-61-58-55-52-49-46-42-32-29-26-23-20-17-14-11-8-5-2/h7-8,10-11,16-17,19-20,25-26,28-30,33-35,37-38,40-42,45-46,48,52,55,73H,4-6,9,12-15,18,21-24,27,31-32,36,39,43-44,47,49-51,53-54,56-72H2,1-3H3/b10-7-,11-8-,19-16-,20-17-,28-25-,29-26-,33-30-,35-34-,38-37-,41-40-,46-42-,48-45-,55-52-. The third kappa shape index (κ3) is 65.8. The van der Waals surface area contributed by atoms with Crippen LogP contribution in [-0.2, 0) is 28.6 Å². The lowest BCUT2D eigenvalue weighted by Gasteiger charge is -2.18. The van der Waals surface area contributed by atoms with Crippen LogP contribution in [0.15, 0.2) is 158 Å². The summed E-state index contributed by atoms with van der Waals surface area (Å²) in [4.78, 5) is 38.4. The molecular formula is C76H122O6. The SMILES string of the molecule is CC/C=C\C/C=C\C/C=C\C/C=C\C/C=C\C/C=C\C/C=C\CCCCCCCC(=O)OCC(COC(=O)CCCCCCCCC/C=C\CCCCCCCCC)OC(=O)CCCCC/C=C\C/C=C\C/C=C\C/C=C\C/C=C\CC. The molecule has 0 aromatic rings. The van der Waals surface area contributed by atoms with E-state index >= 15 is 0 Å². The van der Waals surface area contributed by atoms with Gasteiger partial charge in [-0.1, -0.05) is 275 Å².